The standard InChI is InChI=1S/C36H30O6.C33H24O6/c37-34(38)22-28-10-1-25(2-11-28)7-16-31-19-32(17-8-26-3-12-29(13-4-26)23-35(39)40)21-33(20-31)18-9-27-5-14-30(15-6-27)24-36(41)42;34-31(35)28-13-7-22(8-14-28)1-4-25-19-26(5-2-23-9-15-29(16-10-23)32(36)37)21-27(20-25)6-3-24-11-17-30(18-12-24)33(38)39/h1-21H,22-24H2,(H,37,38)(H,39,40)(H,41,42);1-21H,(H,34,35)(H,36,37)(H,38,39)/b16-7+,17-8+,18-9+;4-1+,5-2+,6-3+. The summed E-state index contributed by atoms with van der Waals surface area (Å²) in [5, 5.41) is 54.3. The van der Waals surface area contributed by atoms with E-state index in [2.05, 4.69) is 18.2 Å². The highest BCUT2D eigenvalue weighted by Gasteiger charge is 2.06. The molecule has 0 bridgehead atoms. The van der Waals surface area contributed by atoms with Gasteiger partial charge in [-0.25, -0.2) is 14.4 Å². The molecular formula is C69H54O12. The number of hydrogen-bond donors (Lipinski definition) is 6. The highest BCUT2D eigenvalue weighted by Crippen LogP contribution is 2.22. The van der Waals surface area contributed by atoms with Crippen LogP contribution in [0.1, 0.15) is 115 Å². The minimum absolute atomic E-state index is 0.0152. The molecule has 402 valence electrons. The van der Waals surface area contributed by atoms with E-state index < -0.39 is 35.8 Å². The fourth-order valence-corrected chi connectivity index (χ4v) is 8.11. The quantitative estimate of drug-likeness (QED) is 0.0370. The molecule has 8 aromatic carbocycles. The summed E-state index contributed by atoms with van der Waals surface area (Å²) in [4.78, 5) is 66.2. The predicted molar refractivity (Wildman–Crippen MR) is 320 cm³/mol. The average Bonchev–Trinajstić information content (AvgIpc) is 3.45. The summed E-state index contributed by atoms with van der Waals surface area (Å²) in [5.74, 6) is -5.52. The molecule has 6 N–H and O–H groups in total. The van der Waals surface area contributed by atoms with Gasteiger partial charge < -0.3 is 30.6 Å². The highest BCUT2D eigenvalue weighted by atomic mass is 16.4. The summed E-state index contributed by atoms with van der Waals surface area (Å²) < 4.78 is 0. The second-order valence-corrected chi connectivity index (χ2v) is 18.6. The van der Waals surface area contributed by atoms with E-state index in [1.807, 2.05) is 164 Å². The van der Waals surface area contributed by atoms with Gasteiger partial charge in [0, 0.05) is 0 Å². The number of rotatable bonds is 21. The van der Waals surface area contributed by atoms with E-state index in [0.717, 1.165) is 83.5 Å². The zero-order valence-corrected chi connectivity index (χ0v) is 43.5. The van der Waals surface area contributed by atoms with E-state index in [9.17, 15) is 28.8 Å². The third-order valence-corrected chi connectivity index (χ3v) is 12.3. The van der Waals surface area contributed by atoms with Crippen molar-refractivity contribution in [2.45, 2.75) is 19.3 Å². The molecule has 0 spiro atoms. The Morgan fingerprint density at radius 2 is 0.370 bits per heavy atom. The second-order valence-electron chi connectivity index (χ2n) is 18.6. The van der Waals surface area contributed by atoms with Gasteiger partial charge in [-0.05, 0) is 156 Å². The van der Waals surface area contributed by atoms with E-state index in [1.54, 1.807) is 72.8 Å². The second kappa shape index (κ2) is 28.4. The van der Waals surface area contributed by atoms with Crippen molar-refractivity contribution in [1.29, 1.82) is 0 Å². The normalized spacial score (nSPS) is 11.4. The van der Waals surface area contributed by atoms with Crippen molar-refractivity contribution in [3.63, 3.8) is 0 Å². The van der Waals surface area contributed by atoms with E-state index in [-0.39, 0.29) is 36.0 Å². The van der Waals surface area contributed by atoms with Gasteiger partial charge >= 0.3 is 35.8 Å². The van der Waals surface area contributed by atoms with Gasteiger partial charge in [-0.3, -0.25) is 14.4 Å². The van der Waals surface area contributed by atoms with Gasteiger partial charge in [-0.1, -0.05) is 182 Å². The molecule has 0 fully saturated rings. The fraction of sp³-hybridized carbons (Fsp3) is 0.0435. The van der Waals surface area contributed by atoms with Crippen LogP contribution in [0.3, 0.4) is 0 Å². The SMILES string of the molecule is O=C(O)Cc1ccc(/C=C/c2cc(/C=C/c3ccc(CC(=O)O)cc3)cc(/C=C/c3ccc(CC(=O)O)cc3)c2)cc1.O=C(O)c1ccc(/C=C/c2cc(/C=C/c3ccc(C(=O)O)cc3)cc(/C=C/c3ccc(C(=O)O)cc3)c2)cc1. The molecule has 0 aliphatic carbocycles. The maximum absolute atomic E-state index is 11.1. The zero-order chi connectivity index (χ0) is 57.7. The Morgan fingerprint density at radius 3 is 0.519 bits per heavy atom. The summed E-state index contributed by atoms with van der Waals surface area (Å²) in [6, 6.07) is 54.2. The summed E-state index contributed by atoms with van der Waals surface area (Å²) in [6.45, 7) is 0. The molecule has 0 amide bonds. The van der Waals surface area contributed by atoms with Crippen molar-refractivity contribution in [2.75, 3.05) is 0 Å². The van der Waals surface area contributed by atoms with E-state index in [1.165, 1.54) is 0 Å². The molecule has 12 nitrogen and oxygen atoms in total. The molecule has 0 aromatic heterocycles. The largest absolute Gasteiger partial charge is 0.481 e. The Kier molecular flexibility index (Phi) is 20.2. The Balaban J connectivity index is 0.000000234. The summed E-state index contributed by atoms with van der Waals surface area (Å²) in [5.41, 5.74) is 14.0. The first-order chi connectivity index (χ1) is 39.0. The topological polar surface area (TPSA) is 224 Å². The van der Waals surface area contributed by atoms with Gasteiger partial charge in [0.25, 0.3) is 0 Å². The van der Waals surface area contributed by atoms with Gasteiger partial charge in [-0.2, -0.15) is 0 Å². The van der Waals surface area contributed by atoms with Crippen LogP contribution in [0, 0.1) is 0 Å². The molecular weight excluding hydrogens is 1020 g/mol. The summed E-state index contributed by atoms with van der Waals surface area (Å²) in [7, 11) is 0. The van der Waals surface area contributed by atoms with Crippen LogP contribution < -0.4 is 0 Å². The lowest BCUT2D eigenvalue weighted by atomic mass is 10.0. The first-order valence-electron chi connectivity index (χ1n) is 25.3. The van der Waals surface area contributed by atoms with Crippen LogP contribution in [-0.4, -0.2) is 66.5 Å². The molecule has 8 aromatic rings. The average molecular weight is 1080 g/mol. The molecule has 0 aliphatic heterocycles. The Hall–Kier alpha value is -11.0. The lowest BCUT2D eigenvalue weighted by Gasteiger charge is -2.04. The van der Waals surface area contributed by atoms with Crippen molar-refractivity contribution in [2.24, 2.45) is 0 Å². The predicted octanol–water partition coefficient (Wildman–Crippen LogP) is 14.4. The first kappa shape index (κ1) is 57.7. The van der Waals surface area contributed by atoms with Crippen LogP contribution in [0.2, 0.25) is 0 Å². The Labute approximate surface area is 467 Å². The summed E-state index contributed by atoms with van der Waals surface area (Å²) >= 11 is 0. The number of hydrogen-bond acceptors (Lipinski definition) is 6. The van der Waals surface area contributed by atoms with Gasteiger partial charge in [0.1, 0.15) is 0 Å². The van der Waals surface area contributed by atoms with Gasteiger partial charge in [0.05, 0.1) is 36.0 Å². The number of carbonyl (C=O) groups is 6. The van der Waals surface area contributed by atoms with Crippen molar-refractivity contribution < 1.29 is 59.4 Å². The third-order valence-electron chi connectivity index (χ3n) is 12.3. The van der Waals surface area contributed by atoms with Gasteiger partial charge in [-0.15, -0.1) is 0 Å². The maximum atomic E-state index is 11.1. The number of benzene rings is 8. The van der Waals surface area contributed by atoms with Crippen LogP contribution in [0.25, 0.3) is 72.9 Å². The maximum Gasteiger partial charge on any atom is 0.335 e. The molecule has 8 rings (SSSR count). The third kappa shape index (κ3) is 19.2. The lowest BCUT2D eigenvalue weighted by Crippen LogP contribution is -1.99. The molecule has 0 heterocycles. The minimum Gasteiger partial charge on any atom is -0.481 e. The molecule has 0 aliphatic rings. The lowest BCUT2D eigenvalue weighted by molar-refractivity contribution is -0.137. The van der Waals surface area contributed by atoms with Crippen LogP contribution in [0.4, 0.5) is 0 Å². The van der Waals surface area contributed by atoms with Crippen LogP contribution in [-0.2, 0) is 33.6 Å². The van der Waals surface area contributed by atoms with E-state index >= 15 is 0 Å². The molecule has 0 atom stereocenters. The van der Waals surface area contributed by atoms with Crippen LogP contribution in [0.5, 0.6) is 0 Å². The molecule has 0 saturated heterocycles. The molecule has 0 unspecified atom stereocenters. The fourth-order valence-electron chi connectivity index (χ4n) is 8.11. The molecule has 81 heavy (non-hydrogen) atoms. The van der Waals surface area contributed by atoms with Crippen LogP contribution >= 0.6 is 0 Å². The summed E-state index contributed by atoms with van der Waals surface area (Å²) in [6.07, 6.45) is 23.4. The first-order valence-corrected chi connectivity index (χ1v) is 25.3. The van der Waals surface area contributed by atoms with Crippen LogP contribution in [0.15, 0.2) is 182 Å². The minimum atomic E-state index is -0.975. The van der Waals surface area contributed by atoms with Crippen molar-refractivity contribution >= 4 is 109 Å². The van der Waals surface area contributed by atoms with Gasteiger partial charge in [0.2, 0.25) is 0 Å². The number of carboxylic acid groups (broad SMARTS) is 6. The van der Waals surface area contributed by atoms with Crippen molar-refractivity contribution in [3.05, 3.63) is 282 Å². The number of aliphatic carboxylic acids is 3. The monoisotopic (exact) mass is 1070 g/mol. The van der Waals surface area contributed by atoms with E-state index in [0.29, 0.717) is 0 Å². The zero-order valence-electron chi connectivity index (χ0n) is 43.5. The van der Waals surface area contributed by atoms with Crippen molar-refractivity contribution in [3.8, 4) is 0 Å². The van der Waals surface area contributed by atoms with Crippen molar-refractivity contribution in [1.82, 2.24) is 0 Å². The smallest absolute Gasteiger partial charge is 0.335 e. The molecule has 0 radical (unpaired) electrons. The number of carboxylic acids is 6. The number of aromatic carboxylic acids is 3. The van der Waals surface area contributed by atoms with E-state index in [4.69, 9.17) is 30.6 Å². The Bertz CT molecular complexity index is 3310. The molecule has 0 saturated carbocycles. The molecule has 12 heteroatoms. The van der Waals surface area contributed by atoms with Gasteiger partial charge in [0.15, 0.2) is 0 Å². The highest BCUT2D eigenvalue weighted by molar-refractivity contribution is 5.90. The Morgan fingerprint density at radius 1 is 0.222 bits per heavy atom.